The van der Waals surface area contributed by atoms with Crippen LogP contribution in [0, 0.1) is 5.82 Å². The fourth-order valence-corrected chi connectivity index (χ4v) is 2.71. The normalized spacial score (nSPS) is 16.5. The molecule has 0 spiro atoms. The minimum atomic E-state index is -0.483. The van der Waals surface area contributed by atoms with Crippen molar-refractivity contribution in [2.24, 2.45) is 0 Å². The Morgan fingerprint density at radius 3 is 2.57 bits per heavy atom. The molecule has 128 valence electrons. The summed E-state index contributed by atoms with van der Waals surface area (Å²) in [6.07, 6.45) is 1.22. The van der Waals surface area contributed by atoms with E-state index in [1.165, 1.54) is 6.07 Å². The Kier molecular flexibility index (Phi) is 6.03. The van der Waals surface area contributed by atoms with E-state index < -0.39 is 5.60 Å². The minimum absolute atomic E-state index is 0.0386. The molecule has 1 aromatic carbocycles. The van der Waals surface area contributed by atoms with Crippen molar-refractivity contribution in [2.45, 2.75) is 51.9 Å². The first-order valence-electron chi connectivity index (χ1n) is 7.78. The van der Waals surface area contributed by atoms with Crippen LogP contribution in [0.2, 0.25) is 0 Å². The predicted octanol–water partition coefficient (Wildman–Crippen LogP) is 4.50. The molecule has 1 fully saturated rings. The number of piperidine rings is 1. The van der Waals surface area contributed by atoms with E-state index >= 15 is 0 Å². The maximum atomic E-state index is 13.8. The molecule has 1 heterocycles. The summed E-state index contributed by atoms with van der Waals surface area (Å²) in [5.41, 5.74) is 0.0616. The molecule has 1 amide bonds. The summed E-state index contributed by atoms with van der Waals surface area (Å²) in [6.45, 7) is 7.01. The summed E-state index contributed by atoms with van der Waals surface area (Å²) in [5, 5.41) is 0. The molecule has 0 saturated carbocycles. The summed E-state index contributed by atoms with van der Waals surface area (Å²) >= 11 is 3.23. The second kappa shape index (κ2) is 7.62. The van der Waals surface area contributed by atoms with Crippen LogP contribution < -0.4 is 0 Å². The third kappa shape index (κ3) is 5.77. The third-order valence-electron chi connectivity index (χ3n) is 3.58. The Morgan fingerprint density at radius 2 is 2.00 bits per heavy atom. The molecule has 1 aromatic rings. The van der Waals surface area contributed by atoms with Crippen LogP contribution in [0.1, 0.15) is 39.2 Å². The molecule has 0 aromatic heterocycles. The van der Waals surface area contributed by atoms with Crippen molar-refractivity contribution in [3.63, 3.8) is 0 Å². The molecule has 1 saturated heterocycles. The van der Waals surface area contributed by atoms with Crippen LogP contribution in [0.15, 0.2) is 22.7 Å². The van der Waals surface area contributed by atoms with Gasteiger partial charge in [-0.05, 0) is 45.7 Å². The highest BCUT2D eigenvalue weighted by Gasteiger charge is 2.27. The molecule has 0 bridgehead atoms. The lowest BCUT2D eigenvalue weighted by Gasteiger charge is -2.33. The highest BCUT2D eigenvalue weighted by atomic mass is 79.9. The maximum Gasteiger partial charge on any atom is 0.410 e. The van der Waals surface area contributed by atoms with Gasteiger partial charge >= 0.3 is 6.09 Å². The van der Waals surface area contributed by atoms with Gasteiger partial charge in [0, 0.05) is 23.1 Å². The van der Waals surface area contributed by atoms with Gasteiger partial charge in [0.1, 0.15) is 11.4 Å². The molecule has 2 rings (SSSR count). The first-order valence-corrected chi connectivity index (χ1v) is 8.57. The number of likely N-dealkylation sites (tertiary alicyclic amines) is 1. The average molecular weight is 388 g/mol. The van der Waals surface area contributed by atoms with Crippen LogP contribution in [0.3, 0.4) is 0 Å². The number of hydrogen-bond acceptors (Lipinski definition) is 3. The molecule has 23 heavy (non-hydrogen) atoms. The molecule has 4 nitrogen and oxygen atoms in total. The van der Waals surface area contributed by atoms with Gasteiger partial charge in [-0.15, -0.1) is 0 Å². The summed E-state index contributed by atoms with van der Waals surface area (Å²) in [6, 6.07) is 4.95. The Morgan fingerprint density at radius 1 is 1.35 bits per heavy atom. The zero-order valence-electron chi connectivity index (χ0n) is 13.8. The van der Waals surface area contributed by atoms with Crippen LogP contribution in [-0.4, -0.2) is 35.8 Å². The number of benzene rings is 1. The highest BCUT2D eigenvalue weighted by Crippen LogP contribution is 2.20. The zero-order chi connectivity index (χ0) is 17.0. The number of carbonyl (C=O) groups is 1. The van der Waals surface area contributed by atoms with Gasteiger partial charge in [0.2, 0.25) is 0 Å². The highest BCUT2D eigenvalue weighted by molar-refractivity contribution is 9.10. The number of amides is 1. The van der Waals surface area contributed by atoms with Crippen LogP contribution in [-0.2, 0) is 16.1 Å². The maximum absolute atomic E-state index is 13.8. The van der Waals surface area contributed by atoms with Gasteiger partial charge in [0.15, 0.2) is 0 Å². The Bertz CT molecular complexity index is 551. The lowest BCUT2D eigenvalue weighted by molar-refractivity contribution is -0.0176. The van der Waals surface area contributed by atoms with Gasteiger partial charge in [-0.25, -0.2) is 9.18 Å². The van der Waals surface area contributed by atoms with Crippen LogP contribution in [0.5, 0.6) is 0 Å². The topological polar surface area (TPSA) is 38.8 Å². The summed E-state index contributed by atoms with van der Waals surface area (Å²) in [4.78, 5) is 13.7. The third-order valence-corrected chi connectivity index (χ3v) is 4.08. The van der Waals surface area contributed by atoms with E-state index in [9.17, 15) is 9.18 Å². The molecule has 0 atom stereocenters. The van der Waals surface area contributed by atoms with Gasteiger partial charge in [-0.2, -0.15) is 0 Å². The number of hydrogen-bond donors (Lipinski definition) is 0. The smallest absolute Gasteiger partial charge is 0.410 e. The van der Waals surface area contributed by atoms with E-state index in [2.05, 4.69) is 15.9 Å². The van der Waals surface area contributed by atoms with Crippen LogP contribution in [0.4, 0.5) is 9.18 Å². The fraction of sp³-hybridized carbons (Fsp3) is 0.588. The molecule has 1 aliphatic heterocycles. The largest absolute Gasteiger partial charge is 0.444 e. The lowest BCUT2D eigenvalue weighted by atomic mass is 10.1. The second-order valence-corrected chi connectivity index (χ2v) is 7.63. The van der Waals surface area contributed by atoms with Crippen LogP contribution in [0.25, 0.3) is 0 Å². The van der Waals surface area contributed by atoms with E-state index in [0.717, 1.165) is 12.8 Å². The minimum Gasteiger partial charge on any atom is -0.444 e. The van der Waals surface area contributed by atoms with E-state index in [1.807, 2.05) is 20.8 Å². The zero-order valence-corrected chi connectivity index (χ0v) is 15.4. The van der Waals surface area contributed by atoms with Crippen molar-refractivity contribution in [1.82, 2.24) is 4.90 Å². The monoisotopic (exact) mass is 387 g/mol. The molecule has 6 heteroatoms. The number of nitrogens with zero attached hydrogens (tertiary/aromatic N) is 1. The molecule has 0 N–H and O–H groups in total. The first-order chi connectivity index (χ1) is 10.7. The van der Waals surface area contributed by atoms with E-state index in [-0.39, 0.29) is 24.6 Å². The Labute approximate surface area is 145 Å². The number of ether oxygens (including phenoxy) is 2. The Balaban J connectivity index is 1.77. The van der Waals surface area contributed by atoms with E-state index in [1.54, 1.807) is 17.0 Å². The van der Waals surface area contributed by atoms with Crippen LogP contribution >= 0.6 is 15.9 Å². The van der Waals surface area contributed by atoms with Gasteiger partial charge < -0.3 is 14.4 Å². The van der Waals surface area contributed by atoms with Gasteiger partial charge in [-0.3, -0.25) is 0 Å². The summed E-state index contributed by atoms with van der Waals surface area (Å²) in [7, 11) is 0. The summed E-state index contributed by atoms with van der Waals surface area (Å²) in [5.74, 6) is -0.273. The standard InChI is InChI=1S/C17H23BrFNO3/c1-17(2,3)23-16(21)20-8-6-14(7-9-20)22-11-12-4-5-13(18)10-15(12)19/h4-5,10,14H,6-9,11H2,1-3H3. The predicted molar refractivity (Wildman–Crippen MR) is 89.7 cm³/mol. The lowest BCUT2D eigenvalue weighted by Crippen LogP contribution is -2.43. The van der Waals surface area contributed by atoms with Crippen molar-refractivity contribution < 1.29 is 18.7 Å². The van der Waals surface area contributed by atoms with E-state index in [4.69, 9.17) is 9.47 Å². The van der Waals surface area contributed by atoms with Gasteiger partial charge in [0.25, 0.3) is 0 Å². The summed E-state index contributed by atoms with van der Waals surface area (Å²) < 4.78 is 25.6. The van der Waals surface area contributed by atoms with Crippen molar-refractivity contribution >= 4 is 22.0 Å². The first kappa shape index (κ1) is 18.2. The Hall–Kier alpha value is -1.14. The number of carbonyl (C=O) groups excluding carboxylic acids is 1. The molecule has 1 aliphatic rings. The van der Waals surface area contributed by atoms with Gasteiger partial charge in [0.05, 0.1) is 12.7 Å². The average Bonchev–Trinajstić information content (AvgIpc) is 2.45. The van der Waals surface area contributed by atoms with Crippen molar-refractivity contribution in [3.8, 4) is 0 Å². The molecule has 0 aliphatic carbocycles. The fourth-order valence-electron chi connectivity index (χ4n) is 2.38. The SMILES string of the molecule is CC(C)(C)OC(=O)N1CCC(OCc2ccc(Br)cc2F)CC1. The van der Waals surface area contributed by atoms with E-state index in [0.29, 0.717) is 23.1 Å². The van der Waals surface area contributed by atoms with Gasteiger partial charge in [-0.1, -0.05) is 22.0 Å². The van der Waals surface area contributed by atoms with Crippen molar-refractivity contribution in [1.29, 1.82) is 0 Å². The molecular weight excluding hydrogens is 365 g/mol. The molecular formula is C17H23BrFNO3. The van der Waals surface area contributed by atoms with Crippen molar-refractivity contribution in [2.75, 3.05) is 13.1 Å². The quantitative estimate of drug-likeness (QED) is 0.765. The number of halogens is 2. The second-order valence-electron chi connectivity index (χ2n) is 6.71. The molecule has 0 unspecified atom stereocenters. The number of rotatable bonds is 3. The van der Waals surface area contributed by atoms with Crippen molar-refractivity contribution in [3.05, 3.63) is 34.1 Å². The molecule has 0 radical (unpaired) electrons.